The van der Waals surface area contributed by atoms with Crippen molar-refractivity contribution in [1.29, 1.82) is 0 Å². The second-order valence-electron chi connectivity index (χ2n) is 6.32. The number of amides is 2. The van der Waals surface area contributed by atoms with Gasteiger partial charge in [-0.2, -0.15) is 0 Å². The quantitative estimate of drug-likeness (QED) is 0.811. The molecule has 1 aliphatic heterocycles. The van der Waals surface area contributed by atoms with E-state index in [1.807, 2.05) is 0 Å². The largest absolute Gasteiger partial charge is 0.330 e. The lowest BCUT2D eigenvalue weighted by Gasteiger charge is -2.28. The van der Waals surface area contributed by atoms with E-state index in [9.17, 15) is 9.59 Å². The molecule has 2 amide bonds. The molecule has 1 aromatic carbocycles. The SMILES string of the molecule is O=C(Nc1cc(Cl)cc(Cl)c1)[C@@H]1CCCN1C(=O)[C@@H]1CC=CCC1. The van der Waals surface area contributed by atoms with Crippen LogP contribution in [0.15, 0.2) is 30.4 Å². The maximum Gasteiger partial charge on any atom is 0.247 e. The summed E-state index contributed by atoms with van der Waals surface area (Å²) in [6.07, 6.45) is 8.28. The first-order valence-corrected chi connectivity index (χ1v) is 9.02. The molecule has 0 saturated carbocycles. The first-order valence-electron chi connectivity index (χ1n) is 8.27. The molecule has 1 aromatic rings. The number of nitrogens with one attached hydrogen (secondary N) is 1. The summed E-state index contributed by atoms with van der Waals surface area (Å²) >= 11 is 11.9. The predicted molar refractivity (Wildman–Crippen MR) is 96.3 cm³/mol. The molecular weight excluding hydrogens is 347 g/mol. The average molecular weight is 367 g/mol. The normalized spacial score (nSPS) is 23.3. The zero-order valence-corrected chi connectivity index (χ0v) is 14.8. The van der Waals surface area contributed by atoms with Crippen LogP contribution in [0.4, 0.5) is 5.69 Å². The minimum atomic E-state index is -0.416. The van der Waals surface area contributed by atoms with E-state index in [4.69, 9.17) is 23.2 Å². The third kappa shape index (κ3) is 3.93. The number of nitrogens with zero attached hydrogens (tertiary/aromatic N) is 1. The molecule has 1 fully saturated rings. The number of benzene rings is 1. The Morgan fingerprint density at radius 1 is 1.08 bits per heavy atom. The number of likely N-dealkylation sites (tertiary alicyclic amines) is 1. The lowest BCUT2D eigenvalue weighted by atomic mass is 9.93. The summed E-state index contributed by atoms with van der Waals surface area (Å²) in [5.74, 6) is -0.0734. The van der Waals surface area contributed by atoms with Crippen molar-refractivity contribution >= 4 is 40.7 Å². The molecule has 24 heavy (non-hydrogen) atoms. The molecule has 0 aromatic heterocycles. The highest BCUT2D eigenvalue weighted by Gasteiger charge is 2.36. The Labute approximate surface area is 151 Å². The van der Waals surface area contributed by atoms with Gasteiger partial charge in [0.15, 0.2) is 0 Å². The summed E-state index contributed by atoms with van der Waals surface area (Å²) in [7, 11) is 0. The second-order valence-corrected chi connectivity index (χ2v) is 7.19. The monoisotopic (exact) mass is 366 g/mol. The highest BCUT2D eigenvalue weighted by molar-refractivity contribution is 6.35. The van der Waals surface area contributed by atoms with Crippen LogP contribution in [0.5, 0.6) is 0 Å². The smallest absolute Gasteiger partial charge is 0.247 e. The maximum atomic E-state index is 12.7. The van der Waals surface area contributed by atoms with E-state index in [1.165, 1.54) is 0 Å². The molecule has 2 atom stereocenters. The van der Waals surface area contributed by atoms with Gasteiger partial charge in [-0.3, -0.25) is 9.59 Å². The van der Waals surface area contributed by atoms with Crippen LogP contribution < -0.4 is 5.32 Å². The van der Waals surface area contributed by atoms with E-state index in [2.05, 4.69) is 17.5 Å². The second kappa shape index (κ2) is 7.58. The van der Waals surface area contributed by atoms with Crippen LogP contribution >= 0.6 is 23.2 Å². The molecule has 3 rings (SSSR count). The number of hydrogen-bond acceptors (Lipinski definition) is 2. The molecule has 4 nitrogen and oxygen atoms in total. The molecule has 0 bridgehead atoms. The van der Waals surface area contributed by atoms with Crippen LogP contribution in [0, 0.1) is 5.92 Å². The average Bonchev–Trinajstić information content (AvgIpc) is 3.03. The predicted octanol–water partition coefficient (Wildman–Crippen LogP) is 4.28. The Bertz CT molecular complexity index is 655. The van der Waals surface area contributed by atoms with Crippen LogP contribution in [0.25, 0.3) is 0 Å². The number of allylic oxidation sites excluding steroid dienone is 2. The van der Waals surface area contributed by atoms with Gasteiger partial charge in [-0.1, -0.05) is 35.4 Å². The summed E-state index contributed by atoms with van der Waals surface area (Å²) in [6, 6.07) is 4.50. The molecule has 2 aliphatic rings. The number of hydrogen-bond donors (Lipinski definition) is 1. The fourth-order valence-electron chi connectivity index (χ4n) is 3.41. The fourth-order valence-corrected chi connectivity index (χ4v) is 3.93. The lowest BCUT2D eigenvalue weighted by molar-refractivity contribution is -0.140. The van der Waals surface area contributed by atoms with E-state index in [0.717, 1.165) is 25.7 Å². The third-order valence-electron chi connectivity index (χ3n) is 4.59. The van der Waals surface area contributed by atoms with Crippen LogP contribution in [-0.2, 0) is 9.59 Å². The Kier molecular flexibility index (Phi) is 5.47. The summed E-state index contributed by atoms with van der Waals surface area (Å²) in [5, 5.41) is 3.77. The minimum Gasteiger partial charge on any atom is -0.330 e. The van der Waals surface area contributed by atoms with Gasteiger partial charge in [-0.05, 0) is 50.3 Å². The van der Waals surface area contributed by atoms with Gasteiger partial charge in [0.25, 0.3) is 0 Å². The van der Waals surface area contributed by atoms with E-state index in [0.29, 0.717) is 28.7 Å². The van der Waals surface area contributed by atoms with Gasteiger partial charge in [0, 0.05) is 28.2 Å². The Hall–Kier alpha value is -1.52. The number of rotatable bonds is 3. The Balaban J connectivity index is 1.69. The van der Waals surface area contributed by atoms with Crippen molar-refractivity contribution < 1.29 is 9.59 Å². The van der Waals surface area contributed by atoms with Crippen molar-refractivity contribution in [3.05, 3.63) is 40.4 Å². The molecule has 1 aliphatic carbocycles. The van der Waals surface area contributed by atoms with Crippen molar-refractivity contribution in [3.8, 4) is 0 Å². The number of carbonyl (C=O) groups excluding carboxylic acids is 2. The van der Waals surface area contributed by atoms with Gasteiger partial charge in [0.1, 0.15) is 6.04 Å². The molecule has 6 heteroatoms. The molecule has 0 spiro atoms. The zero-order valence-electron chi connectivity index (χ0n) is 13.3. The van der Waals surface area contributed by atoms with Crippen molar-refractivity contribution in [2.24, 2.45) is 5.92 Å². The van der Waals surface area contributed by atoms with E-state index >= 15 is 0 Å². The Morgan fingerprint density at radius 3 is 2.50 bits per heavy atom. The van der Waals surface area contributed by atoms with Gasteiger partial charge in [0.2, 0.25) is 11.8 Å². The highest BCUT2D eigenvalue weighted by atomic mass is 35.5. The van der Waals surface area contributed by atoms with Crippen LogP contribution in [-0.4, -0.2) is 29.3 Å². The first kappa shape index (κ1) is 17.3. The summed E-state index contributed by atoms with van der Waals surface area (Å²) in [4.78, 5) is 27.1. The maximum absolute atomic E-state index is 12.7. The number of anilines is 1. The molecule has 1 heterocycles. The summed E-state index contributed by atoms with van der Waals surface area (Å²) in [6.45, 7) is 0.646. The van der Waals surface area contributed by atoms with Crippen LogP contribution in [0.1, 0.15) is 32.1 Å². The van der Waals surface area contributed by atoms with E-state index in [1.54, 1.807) is 23.1 Å². The lowest BCUT2D eigenvalue weighted by Crippen LogP contribution is -2.45. The van der Waals surface area contributed by atoms with Gasteiger partial charge >= 0.3 is 0 Å². The van der Waals surface area contributed by atoms with Crippen LogP contribution in [0.3, 0.4) is 0 Å². The topological polar surface area (TPSA) is 49.4 Å². The number of carbonyl (C=O) groups is 2. The van der Waals surface area contributed by atoms with Gasteiger partial charge in [-0.25, -0.2) is 0 Å². The summed E-state index contributed by atoms with van der Waals surface area (Å²) < 4.78 is 0. The number of halogens is 2. The highest BCUT2D eigenvalue weighted by Crippen LogP contribution is 2.27. The molecule has 0 radical (unpaired) electrons. The van der Waals surface area contributed by atoms with Crippen LogP contribution in [0.2, 0.25) is 10.0 Å². The van der Waals surface area contributed by atoms with Gasteiger partial charge < -0.3 is 10.2 Å². The molecule has 1 saturated heterocycles. The van der Waals surface area contributed by atoms with Crippen molar-refractivity contribution in [1.82, 2.24) is 4.90 Å². The van der Waals surface area contributed by atoms with Crippen molar-refractivity contribution in [2.45, 2.75) is 38.1 Å². The molecule has 1 N–H and O–H groups in total. The Morgan fingerprint density at radius 2 is 1.83 bits per heavy atom. The molecule has 0 unspecified atom stereocenters. The van der Waals surface area contributed by atoms with Crippen molar-refractivity contribution in [2.75, 3.05) is 11.9 Å². The zero-order chi connectivity index (χ0) is 17.1. The first-order chi connectivity index (χ1) is 11.5. The standard InChI is InChI=1S/C18H20Cl2N2O2/c19-13-9-14(20)11-15(10-13)21-17(23)16-7-4-8-22(16)18(24)12-5-2-1-3-6-12/h1-2,9-12,16H,3-8H2,(H,21,23)/t12-,16+/m1/s1. The third-order valence-corrected chi connectivity index (χ3v) is 5.02. The van der Waals surface area contributed by atoms with E-state index in [-0.39, 0.29) is 17.7 Å². The van der Waals surface area contributed by atoms with Gasteiger partial charge in [0.05, 0.1) is 0 Å². The van der Waals surface area contributed by atoms with E-state index < -0.39 is 6.04 Å². The molecule has 128 valence electrons. The summed E-state index contributed by atoms with van der Waals surface area (Å²) in [5.41, 5.74) is 0.553. The molecular formula is C18H20Cl2N2O2. The fraction of sp³-hybridized carbons (Fsp3) is 0.444. The van der Waals surface area contributed by atoms with Gasteiger partial charge in [-0.15, -0.1) is 0 Å². The van der Waals surface area contributed by atoms with Crippen molar-refractivity contribution in [3.63, 3.8) is 0 Å². The minimum absolute atomic E-state index is 0.00372.